The second-order valence-corrected chi connectivity index (χ2v) is 5.64. The van der Waals surface area contributed by atoms with Gasteiger partial charge in [-0.25, -0.2) is 4.79 Å². The highest BCUT2D eigenvalue weighted by atomic mass is 35.5. The predicted octanol–water partition coefficient (Wildman–Crippen LogP) is 2.31. The molecule has 1 fully saturated rings. The topological polar surface area (TPSA) is 58.1 Å². The Morgan fingerprint density at radius 2 is 1.86 bits per heavy atom. The highest BCUT2D eigenvalue weighted by Crippen LogP contribution is 2.22. The first-order valence-corrected chi connectivity index (χ1v) is 7.33. The Balaban J connectivity index is 1.66. The number of nitrogens with one attached hydrogen (secondary N) is 1. The first-order valence-electron chi connectivity index (χ1n) is 6.95. The fourth-order valence-corrected chi connectivity index (χ4v) is 2.87. The fourth-order valence-electron chi connectivity index (χ4n) is 2.74. The SMILES string of the molecule is O=C(c1ccc(Cl)cc1)N1CCC(n2cc[nH]c2=O)CC1. The lowest BCUT2D eigenvalue weighted by molar-refractivity contribution is 0.0693. The zero-order valence-corrected chi connectivity index (χ0v) is 12.2. The van der Waals surface area contributed by atoms with Crippen LogP contribution in [0.3, 0.4) is 0 Å². The van der Waals surface area contributed by atoms with Crippen LogP contribution in [0.4, 0.5) is 0 Å². The lowest BCUT2D eigenvalue weighted by Crippen LogP contribution is -2.40. The maximum Gasteiger partial charge on any atom is 0.325 e. The number of halogens is 1. The molecule has 6 heteroatoms. The van der Waals surface area contributed by atoms with Gasteiger partial charge >= 0.3 is 5.69 Å². The molecule has 21 heavy (non-hydrogen) atoms. The van der Waals surface area contributed by atoms with Gasteiger partial charge in [-0.1, -0.05) is 11.6 Å². The molecule has 1 aliphatic heterocycles. The Hall–Kier alpha value is -2.01. The largest absolute Gasteiger partial charge is 0.338 e. The molecule has 110 valence electrons. The van der Waals surface area contributed by atoms with E-state index >= 15 is 0 Å². The van der Waals surface area contributed by atoms with Crippen molar-refractivity contribution in [1.29, 1.82) is 0 Å². The Labute approximate surface area is 127 Å². The van der Waals surface area contributed by atoms with E-state index in [9.17, 15) is 9.59 Å². The lowest BCUT2D eigenvalue weighted by Gasteiger charge is -2.32. The van der Waals surface area contributed by atoms with Crippen molar-refractivity contribution < 1.29 is 4.79 Å². The molecule has 1 aromatic carbocycles. The van der Waals surface area contributed by atoms with Crippen LogP contribution in [-0.2, 0) is 0 Å². The van der Waals surface area contributed by atoms with Crippen molar-refractivity contribution in [2.45, 2.75) is 18.9 Å². The highest BCUT2D eigenvalue weighted by Gasteiger charge is 2.25. The summed E-state index contributed by atoms with van der Waals surface area (Å²) in [6.45, 7) is 1.31. The zero-order chi connectivity index (χ0) is 14.8. The van der Waals surface area contributed by atoms with Crippen LogP contribution in [-0.4, -0.2) is 33.4 Å². The van der Waals surface area contributed by atoms with E-state index in [0.29, 0.717) is 23.7 Å². The second kappa shape index (κ2) is 5.77. The standard InChI is InChI=1S/C15H16ClN3O2/c16-12-3-1-11(2-4-12)14(20)18-8-5-13(6-9-18)19-10-7-17-15(19)21/h1-4,7,10,13H,5-6,8-9H2,(H,17,21). The van der Waals surface area contributed by atoms with E-state index in [4.69, 9.17) is 11.6 Å². The number of carbonyl (C=O) groups excluding carboxylic acids is 1. The molecule has 0 saturated carbocycles. The van der Waals surface area contributed by atoms with Crippen molar-refractivity contribution in [1.82, 2.24) is 14.5 Å². The summed E-state index contributed by atoms with van der Waals surface area (Å²) in [7, 11) is 0. The molecule has 1 aromatic heterocycles. The van der Waals surface area contributed by atoms with Gasteiger partial charge in [-0.05, 0) is 37.1 Å². The van der Waals surface area contributed by atoms with Crippen LogP contribution in [0.25, 0.3) is 0 Å². The number of imidazole rings is 1. The third kappa shape index (κ3) is 2.88. The number of benzene rings is 1. The minimum Gasteiger partial charge on any atom is -0.338 e. The predicted molar refractivity (Wildman–Crippen MR) is 80.7 cm³/mol. The third-order valence-electron chi connectivity index (χ3n) is 3.91. The van der Waals surface area contributed by atoms with Gasteiger partial charge < -0.3 is 9.88 Å². The number of piperidine rings is 1. The number of likely N-dealkylation sites (tertiary alicyclic amines) is 1. The first-order chi connectivity index (χ1) is 10.1. The minimum absolute atomic E-state index is 0.0199. The quantitative estimate of drug-likeness (QED) is 0.925. The Bertz CT molecular complexity index is 681. The van der Waals surface area contributed by atoms with Crippen LogP contribution in [0.2, 0.25) is 5.02 Å². The van der Waals surface area contributed by atoms with Gasteiger partial charge in [0.05, 0.1) is 0 Å². The van der Waals surface area contributed by atoms with E-state index in [1.165, 1.54) is 0 Å². The molecular formula is C15H16ClN3O2. The molecule has 0 atom stereocenters. The molecule has 0 spiro atoms. The van der Waals surface area contributed by atoms with Crippen molar-refractivity contribution in [2.75, 3.05) is 13.1 Å². The monoisotopic (exact) mass is 305 g/mol. The molecular weight excluding hydrogens is 290 g/mol. The van der Waals surface area contributed by atoms with Gasteiger partial charge in [0.15, 0.2) is 0 Å². The molecule has 0 radical (unpaired) electrons. The smallest absolute Gasteiger partial charge is 0.325 e. The van der Waals surface area contributed by atoms with E-state index in [2.05, 4.69) is 4.98 Å². The summed E-state index contributed by atoms with van der Waals surface area (Å²) in [5, 5.41) is 0.622. The van der Waals surface area contributed by atoms with Gasteiger partial charge in [-0.3, -0.25) is 9.36 Å². The summed E-state index contributed by atoms with van der Waals surface area (Å²) in [6, 6.07) is 7.10. The summed E-state index contributed by atoms with van der Waals surface area (Å²) in [4.78, 5) is 28.5. The van der Waals surface area contributed by atoms with Crippen LogP contribution < -0.4 is 5.69 Å². The number of nitrogens with zero attached hydrogens (tertiary/aromatic N) is 2. The number of aromatic nitrogens is 2. The van der Waals surface area contributed by atoms with Gasteiger partial charge in [-0.2, -0.15) is 0 Å². The van der Waals surface area contributed by atoms with E-state index in [1.54, 1.807) is 41.2 Å². The van der Waals surface area contributed by atoms with E-state index in [-0.39, 0.29) is 17.6 Å². The molecule has 2 heterocycles. The highest BCUT2D eigenvalue weighted by molar-refractivity contribution is 6.30. The summed E-state index contributed by atoms with van der Waals surface area (Å²) in [5.74, 6) is 0.0199. The molecule has 1 aliphatic rings. The van der Waals surface area contributed by atoms with Gasteiger partial charge in [0.1, 0.15) is 0 Å². The summed E-state index contributed by atoms with van der Waals surface area (Å²) >= 11 is 5.83. The molecule has 1 amide bonds. The van der Waals surface area contributed by atoms with Crippen LogP contribution in [0.1, 0.15) is 29.2 Å². The molecule has 0 bridgehead atoms. The van der Waals surface area contributed by atoms with Crippen molar-refractivity contribution in [3.05, 3.63) is 57.7 Å². The lowest BCUT2D eigenvalue weighted by atomic mass is 10.0. The second-order valence-electron chi connectivity index (χ2n) is 5.20. The van der Waals surface area contributed by atoms with Crippen LogP contribution in [0.15, 0.2) is 41.5 Å². The van der Waals surface area contributed by atoms with Gasteiger partial charge in [0, 0.05) is 42.1 Å². The number of amides is 1. The van der Waals surface area contributed by atoms with Gasteiger partial charge in [0.2, 0.25) is 0 Å². The molecule has 1 N–H and O–H groups in total. The van der Waals surface area contributed by atoms with Gasteiger partial charge in [-0.15, -0.1) is 0 Å². The average molecular weight is 306 g/mol. The molecule has 0 unspecified atom stereocenters. The van der Waals surface area contributed by atoms with Crippen molar-refractivity contribution >= 4 is 17.5 Å². The Morgan fingerprint density at radius 1 is 1.19 bits per heavy atom. The number of carbonyl (C=O) groups is 1. The Kier molecular flexibility index (Phi) is 3.84. The maximum atomic E-state index is 12.4. The number of hydrogen-bond donors (Lipinski definition) is 1. The molecule has 5 nitrogen and oxygen atoms in total. The molecule has 1 saturated heterocycles. The van der Waals surface area contributed by atoms with Crippen molar-refractivity contribution in [2.24, 2.45) is 0 Å². The van der Waals surface area contributed by atoms with Crippen LogP contribution >= 0.6 is 11.6 Å². The van der Waals surface area contributed by atoms with Crippen LogP contribution in [0.5, 0.6) is 0 Å². The normalized spacial score (nSPS) is 16.1. The minimum atomic E-state index is -0.0857. The summed E-state index contributed by atoms with van der Waals surface area (Å²) < 4.78 is 1.71. The van der Waals surface area contributed by atoms with Crippen LogP contribution in [0, 0.1) is 0 Å². The van der Waals surface area contributed by atoms with Crippen molar-refractivity contribution in [3.63, 3.8) is 0 Å². The molecule has 0 aliphatic carbocycles. The molecule has 2 aromatic rings. The first kappa shape index (κ1) is 13.9. The van der Waals surface area contributed by atoms with Gasteiger partial charge in [0.25, 0.3) is 5.91 Å². The summed E-state index contributed by atoms with van der Waals surface area (Å²) in [6.07, 6.45) is 4.99. The van der Waals surface area contributed by atoms with E-state index < -0.39 is 0 Å². The number of aromatic amines is 1. The Morgan fingerprint density at radius 3 is 2.43 bits per heavy atom. The number of hydrogen-bond acceptors (Lipinski definition) is 2. The molecule has 3 rings (SSSR count). The summed E-state index contributed by atoms with van der Waals surface area (Å²) in [5.41, 5.74) is 0.564. The number of rotatable bonds is 2. The van der Waals surface area contributed by atoms with E-state index in [0.717, 1.165) is 12.8 Å². The third-order valence-corrected chi connectivity index (χ3v) is 4.16. The maximum absolute atomic E-state index is 12.4. The number of H-pyrrole nitrogens is 1. The van der Waals surface area contributed by atoms with Crippen molar-refractivity contribution in [3.8, 4) is 0 Å². The zero-order valence-electron chi connectivity index (χ0n) is 11.5. The van der Waals surface area contributed by atoms with E-state index in [1.807, 2.05) is 4.90 Å². The fraction of sp³-hybridized carbons (Fsp3) is 0.333. The average Bonchev–Trinajstić information content (AvgIpc) is 2.94.